The first-order chi connectivity index (χ1) is 7.19. The first-order valence-electron chi connectivity index (χ1n) is 4.31. The van der Waals surface area contributed by atoms with Crippen molar-refractivity contribution in [3.05, 3.63) is 12.7 Å². The lowest BCUT2D eigenvalue weighted by molar-refractivity contribution is -0.0781. The minimum atomic E-state index is -4.72. The monoisotopic (exact) mass is 257 g/mol. The van der Waals surface area contributed by atoms with Gasteiger partial charge in [-0.05, 0) is 0 Å². The summed E-state index contributed by atoms with van der Waals surface area (Å²) in [6, 6.07) is -0.972. The van der Waals surface area contributed by atoms with Crippen LogP contribution in [0.5, 0.6) is 0 Å². The zero-order chi connectivity index (χ0) is 12.9. The predicted octanol–water partition coefficient (Wildman–Crippen LogP) is -2.31. The average molecular weight is 257 g/mol. The molecule has 0 saturated carbocycles. The van der Waals surface area contributed by atoms with Crippen molar-refractivity contribution in [2.45, 2.75) is 24.4 Å². The summed E-state index contributed by atoms with van der Waals surface area (Å²) in [6.45, 7) is 2.45. The summed E-state index contributed by atoms with van der Waals surface area (Å²) in [7, 11) is -4.72. The largest absolute Gasteiger partial charge is 0.469 e. The van der Waals surface area contributed by atoms with Crippen LogP contribution in [0.2, 0.25) is 0 Å². The van der Waals surface area contributed by atoms with Crippen LogP contribution in [0, 0.1) is 0 Å². The van der Waals surface area contributed by atoms with Gasteiger partial charge in [0.05, 0.1) is 12.6 Å². The fourth-order valence-corrected chi connectivity index (χ4v) is 1.21. The minimum Gasteiger partial charge on any atom is -0.388 e. The molecule has 0 aromatic rings. The van der Waals surface area contributed by atoms with Gasteiger partial charge in [0.2, 0.25) is 0 Å². The van der Waals surface area contributed by atoms with Crippen molar-refractivity contribution < 1.29 is 34.2 Å². The zero-order valence-electron chi connectivity index (χ0n) is 8.38. The summed E-state index contributed by atoms with van der Waals surface area (Å²) in [5.41, 5.74) is 5.30. The molecular weight excluding hydrogens is 241 g/mol. The molecule has 0 bridgehead atoms. The summed E-state index contributed by atoms with van der Waals surface area (Å²) in [5.74, 6) is 0. The van der Waals surface area contributed by atoms with Gasteiger partial charge in [0, 0.05) is 0 Å². The van der Waals surface area contributed by atoms with E-state index in [0.717, 1.165) is 6.08 Å². The highest BCUT2D eigenvalue weighted by Gasteiger charge is 2.29. The summed E-state index contributed by atoms with van der Waals surface area (Å²) in [4.78, 5) is 16.7. The lowest BCUT2D eigenvalue weighted by atomic mass is 10.0. The molecule has 0 unspecified atom stereocenters. The fourth-order valence-electron chi connectivity index (χ4n) is 0.867. The number of aliphatic hydroxyl groups is 3. The highest BCUT2D eigenvalue weighted by Crippen LogP contribution is 2.35. The van der Waals surface area contributed by atoms with E-state index < -0.39 is 38.8 Å². The topological polar surface area (TPSA) is 153 Å². The Morgan fingerprint density at radius 2 is 1.81 bits per heavy atom. The van der Waals surface area contributed by atoms with E-state index in [4.69, 9.17) is 15.5 Å². The Labute approximate surface area is 92.2 Å². The molecule has 4 atom stereocenters. The van der Waals surface area contributed by atoms with Crippen LogP contribution in [-0.4, -0.2) is 56.1 Å². The summed E-state index contributed by atoms with van der Waals surface area (Å²) >= 11 is 0. The molecule has 7 N–H and O–H groups in total. The molecule has 0 aromatic carbocycles. The van der Waals surface area contributed by atoms with Gasteiger partial charge in [-0.3, -0.25) is 4.52 Å². The van der Waals surface area contributed by atoms with Crippen molar-refractivity contribution >= 4 is 7.82 Å². The normalized spacial score (nSPS) is 19.9. The quantitative estimate of drug-likeness (QED) is 0.220. The van der Waals surface area contributed by atoms with Crippen LogP contribution in [-0.2, 0) is 9.09 Å². The number of rotatable bonds is 7. The van der Waals surface area contributed by atoms with Crippen LogP contribution in [0.3, 0.4) is 0 Å². The minimum absolute atomic E-state index is 0.827. The molecule has 0 saturated heterocycles. The van der Waals surface area contributed by atoms with Gasteiger partial charge in [0.25, 0.3) is 0 Å². The summed E-state index contributed by atoms with van der Waals surface area (Å²) in [6.07, 6.45) is -3.72. The molecule has 0 aliphatic carbocycles. The number of phosphoric acid groups is 1. The van der Waals surface area contributed by atoms with Gasteiger partial charge in [-0.25, -0.2) is 4.57 Å². The lowest BCUT2D eigenvalue weighted by Crippen LogP contribution is -2.48. The second-order valence-electron chi connectivity index (χ2n) is 3.15. The molecule has 0 radical (unpaired) electrons. The Bertz CT molecular complexity index is 267. The molecule has 8 nitrogen and oxygen atoms in total. The zero-order valence-corrected chi connectivity index (χ0v) is 9.27. The Kier molecular flexibility index (Phi) is 6.31. The molecule has 0 aliphatic rings. The Balaban J connectivity index is 4.22. The molecule has 0 amide bonds. The third-order valence-corrected chi connectivity index (χ3v) is 2.31. The van der Waals surface area contributed by atoms with E-state index in [-0.39, 0.29) is 0 Å². The number of phosphoric ester groups is 1. The SMILES string of the molecule is C=C[C@H](N)[C@@H](O)[C@H](O)[C@H](O)COP(=O)(O)O. The van der Waals surface area contributed by atoms with Crippen LogP contribution in [0.25, 0.3) is 0 Å². The van der Waals surface area contributed by atoms with E-state index in [1.807, 2.05) is 0 Å². The highest BCUT2D eigenvalue weighted by atomic mass is 31.2. The summed E-state index contributed by atoms with van der Waals surface area (Å²) < 4.78 is 14.2. The highest BCUT2D eigenvalue weighted by molar-refractivity contribution is 7.46. The van der Waals surface area contributed by atoms with Crippen molar-refractivity contribution in [1.82, 2.24) is 0 Å². The molecule has 16 heavy (non-hydrogen) atoms. The maximum atomic E-state index is 10.3. The van der Waals surface area contributed by atoms with E-state index in [1.165, 1.54) is 0 Å². The van der Waals surface area contributed by atoms with Crippen LogP contribution in [0.15, 0.2) is 12.7 Å². The smallest absolute Gasteiger partial charge is 0.388 e. The van der Waals surface area contributed by atoms with Gasteiger partial charge in [-0.1, -0.05) is 6.08 Å². The maximum Gasteiger partial charge on any atom is 0.469 e. The van der Waals surface area contributed by atoms with E-state index >= 15 is 0 Å². The van der Waals surface area contributed by atoms with Gasteiger partial charge in [-0.15, -0.1) is 6.58 Å². The van der Waals surface area contributed by atoms with Gasteiger partial charge in [0.1, 0.15) is 18.3 Å². The van der Waals surface area contributed by atoms with Crippen LogP contribution in [0.4, 0.5) is 0 Å². The first kappa shape index (κ1) is 15.7. The molecule has 0 fully saturated rings. The number of hydrogen-bond acceptors (Lipinski definition) is 6. The average Bonchev–Trinajstić information content (AvgIpc) is 2.21. The third-order valence-electron chi connectivity index (χ3n) is 1.82. The van der Waals surface area contributed by atoms with Crippen molar-refractivity contribution in [3.63, 3.8) is 0 Å². The number of hydrogen-bond donors (Lipinski definition) is 6. The van der Waals surface area contributed by atoms with E-state index in [9.17, 15) is 19.9 Å². The van der Waals surface area contributed by atoms with Gasteiger partial charge in [-0.2, -0.15) is 0 Å². The van der Waals surface area contributed by atoms with Crippen LogP contribution < -0.4 is 5.73 Å². The molecule has 0 spiro atoms. The van der Waals surface area contributed by atoms with Crippen molar-refractivity contribution in [2.24, 2.45) is 5.73 Å². The van der Waals surface area contributed by atoms with Crippen LogP contribution in [0.1, 0.15) is 0 Å². The van der Waals surface area contributed by atoms with Crippen molar-refractivity contribution in [2.75, 3.05) is 6.61 Å². The molecule has 0 aromatic heterocycles. The van der Waals surface area contributed by atoms with E-state index in [1.54, 1.807) is 0 Å². The number of nitrogens with two attached hydrogens (primary N) is 1. The third kappa shape index (κ3) is 5.69. The second kappa shape index (κ2) is 6.43. The first-order valence-corrected chi connectivity index (χ1v) is 5.84. The Hall–Kier alpha value is -0.310. The van der Waals surface area contributed by atoms with Crippen molar-refractivity contribution in [1.29, 1.82) is 0 Å². The molecule has 96 valence electrons. The van der Waals surface area contributed by atoms with Gasteiger partial charge in [0.15, 0.2) is 0 Å². The second-order valence-corrected chi connectivity index (χ2v) is 4.39. The van der Waals surface area contributed by atoms with E-state index in [2.05, 4.69) is 11.1 Å². The lowest BCUT2D eigenvalue weighted by Gasteiger charge is -2.25. The Morgan fingerprint density at radius 3 is 2.19 bits per heavy atom. The molecule has 0 heterocycles. The molecule has 9 heteroatoms. The standard InChI is InChI=1S/C7H16NO7P/c1-2-4(8)6(10)7(11)5(9)3-15-16(12,13)14/h2,4-7,9-11H,1,3,8H2,(H2,12,13,14)/t4-,5+,6+,7+/m0/s1. The van der Waals surface area contributed by atoms with Crippen molar-refractivity contribution in [3.8, 4) is 0 Å². The molecule has 0 rings (SSSR count). The van der Waals surface area contributed by atoms with E-state index in [0.29, 0.717) is 0 Å². The maximum absolute atomic E-state index is 10.3. The molecular formula is C7H16NO7P. The van der Waals surface area contributed by atoms with Gasteiger partial charge >= 0.3 is 7.82 Å². The molecule has 0 aliphatic heterocycles. The number of aliphatic hydroxyl groups excluding tert-OH is 3. The predicted molar refractivity (Wildman–Crippen MR) is 54.2 cm³/mol. The Morgan fingerprint density at radius 1 is 1.31 bits per heavy atom. The van der Waals surface area contributed by atoms with Crippen LogP contribution >= 0.6 is 7.82 Å². The summed E-state index contributed by atoms with van der Waals surface area (Å²) in [5, 5.41) is 27.9. The van der Waals surface area contributed by atoms with Gasteiger partial charge < -0.3 is 30.8 Å². The fraction of sp³-hybridized carbons (Fsp3) is 0.714.